The van der Waals surface area contributed by atoms with Gasteiger partial charge in [0.15, 0.2) is 0 Å². The number of hydrogen-bond acceptors (Lipinski definition) is 1. The second kappa shape index (κ2) is 7.97. The molecule has 2 rings (SSSR count). The topological polar surface area (TPSA) is 0 Å². The van der Waals surface area contributed by atoms with Crippen LogP contribution in [0.15, 0.2) is 41.1 Å². The molecule has 0 fully saturated rings. The fraction of sp³-hybridized carbons (Fsp3) is 0.111. The van der Waals surface area contributed by atoms with E-state index in [4.69, 9.17) is 0 Å². The first-order valence-electron chi connectivity index (χ1n) is 3.19. The van der Waals surface area contributed by atoms with Crippen LogP contribution in [0, 0.1) is 6.08 Å². The third kappa shape index (κ3) is 6.27. The Morgan fingerprint density at radius 2 is 1.91 bits per heavy atom. The van der Waals surface area contributed by atoms with Crippen LogP contribution in [0.4, 0.5) is 0 Å². The number of hydrogen-bond donors (Lipinski definition) is 0. The van der Waals surface area contributed by atoms with Crippen LogP contribution in [-0.2, 0) is 21.1 Å². The van der Waals surface area contributed by atoms with Crippen LogP contribution in [0.1, 0.15) is 6.42 Å². The Labute approximate surface area is 85.9 Å². The number of rotatable bonds is 0. The van der Waals surface area contributed by atoms with Gasteiger partial charge in [0, 0.05) is 21.1 Å². The SMILES string of the molecule is [C-]1=CC=CC1.[Mo].c1ccsc1. The molecule has 1 aromatic rings. The summed E-state index contributed by atoms with van der Waals surface area (Å²) in [4.78, 5) is 0. The molecule has 1 aliphatic carbocycles. The molecule has 0 nitrogen and oxygen atoms in total. The second-order valence-corrected chi connectivity index (χ2v) is 2.61. The zero-order valence-corrected chi connectivity index (χ0v) is 8.89. The van der Waals surface area contributed by atoms with Crippen molar-refractivity contribution in [2.24, 2.45) is 0 Å². The first-order chi connectivity index (χ1) is 5.00. The number of thiophene rings is 1. The van der Waals surface area contributed by atoms with Gasteiger partial charge in [0.2, 0.25) is 0 Å². The van der Waals surface area contributed by atoms with Gasteiger partial charge in [-0.3, -0.25) is 6.08 Å². The quantitative estimate of drug-likeness (QED) is 0.487. The van der Waals surface area contributed by atoms with Crippen LogP contribution in [0.3, 0.4) is 0 Å². The van der Waals surface area contributed by atoms with E-state index in [9.17, 15) is 0 Å². The van der Waals surface area contributed by atoms with Crippen molar-refractivity contribution in [1.82, 2.24) is 0 Å². The maximum absolute atomic E-state index is 2.99. The summed E-state index contributed by atoms with van der Waals surface area (Å²) in [6.45, 7) is 0. The van der Waals surface area contributed by atoms with Gasteiger partial charge in [-0.25, -0.2) is 12.2 Å². The summed E-state index contributed by atoms with van der Waals surface area (Å²) in [6, 6.07) is 4.04. The minimum atomic E-state index is 0. The van der Waals surface area contributed by atoms with Gasteiger partial charge in [-0.1, -0.05) is 12.1 Å². The molecule has 0 radical (unpaired) electrons. The van der Waals surface area contributed by atoms with Crippen molar-refractivity contribution in [2.45, 2.75) is 6.42 Å². The van der Waals surface area contributed by atoms with Crippen molar-refractivity contribution in [2.75, 3.05) is 0 Å². The molecule has 11 heavy (non-hydrogen) atoms. The van der Waals surface area contributed by atoms with Crippen LogP contribution >= 0.6 is 11.3 Å². The van der Waals surface area contributed by atoms with Gasteiger partial charge < -0.3 is 0 Å². The summed E-state index contributed by atoms with van der Waals surface area (Å²) in [5.41, 5.74) is 0. The molecule has 58 valence electrons. The second-order valence-electron chi connectivity index (χ2n) is 1.80. The molecule has 1 aromatic heterocycles. The van der Waals surface area contributed by atoms with Gasteiger partial charge in [-0.2, -0.15) is 17.4 Å². The maximum atomic E-state index is 2.99. The van der Waals surface area contributed by atoms with Crippen molar-refractivity contribution >= 4 is 11.3 Å². The normalized spacial score (nSPS) is 11.6. The van der Waals surface area contributed by atoms with E-state index >= 15 is 0 Å². The third-order valence-corrected chi connectivity index (χ3v) is 1.64. The summed E-state index contributed by atoms with van der Waals surface area (Å²) < 4.78 is 0. The molecule has 0 unspecified atom stereocenters. The van der Waals surface area contributed by atoms with Crippen LogP contribution in [-0.4, -0.2) is 0 Å². The van der Waals surface area contributed by atoms with Gasteiger partial charge in [0.05, 0.1) is 0 Å². The van der Waals surface area contributed by atoms with E-state index in [-0.39, 0.29) is 21.1 Å². The molecule has 0 aromatic carbocycles. The van der Waals surface area contributed by atoms with Gasteiger partial charge in [-0.05, 0) is 10.8 Å². The fourth-order valence-electron chi connectivity index (χ4n) is 0.567. The average Bonchev–Trinajstić information content (AvgIpc) is 2.67. The van der Waals surface area contributed by atoms with Gasteiger partial charge >= 0.3 is 0 Å². The molecule has 0 spiro atoms. The van der Waals surface area contributed by atoms with E-state index in [0.29, 0.717) is 0 Å². The Morgan fingerprint density at radius 3 is 2.09 bits per heavy atom. The Morgan fingerprint density at radius 1 is 1.18 bits per heavy atom. The fourth-order valence-corrected chi connectivity index (χ4v) is 1.02. The van der Waals surface area contributed by atoms with Crippen LogP contribution in [0.5, 0.6) is 0 Å². The Hall–Kier alpha value is -0.132. The Balaban J connectivity index is 0.000000167. The summed E-state index contributed by atoms with van der Waals surface area (Å²) in [6.07, 6.45) is 10.0. The van der Waals surface area contributed by atoms with E-state index in [1.165, 1.54) is 0 Å². The van der Waals surface area contributed by atoms with Crippen LogP contribution in [0.2, 0.25) is 0 Å². The first-order valence-corrected chi connectivity index (χ1v) is 4.13. The third-order valence-electron chi connectivity index (χ3n) is 1.01. The average molecular weight is 245 g/mol. The molecule has 0 atom stereocenters. The van der Waals surface area contributed by atoms with Crippen molar-refractivity contribution < 1.29 is 21.1 Å². The minimum Gasteiger partial charge on any atom is -0.273 e. The Bertz CT molecular complexity index is 172. The van der Waals surface area contributed by atoms with Gasteiger partial charge in [0.1, 0.15) is 0 Å². The van der Waals surface area contributed by atoms with E-state index < -0.39 is 0 Å². The van der Waals surface area contributed by atoms with Crippen molar-refractivity contribution in [1.29, 1.82) is 0 Å². The van der Waals surface area contributed by atoms with Crippen LogP contribution < -0.4 is 0 Å². The smallest absolute Gasteiger partial charge is 0 e. The summed E-state index contributed by atoms with van der Waals surface area (Å²) >= 11 is 1.71. The molecular formula is C9H9MoS-. The monoisotopic (exact) mass is 247 g/mol. The minimum absolute atomic E-state index is 0. The van der Waals surface area contributed by atoms with Crippen molar-refractivity contribution in [3.8, 4) is 0 Å². The molecule has 0 saturated carbocycles. The van der Waals surface area contributed by atoms with E-state index in [0.717, 1.165) is 6.42 Å². The van der Waals surface area contributed by atoms with Gasteiger partial charge in [-0.15, -0.1) is 6.42 Å². The largest absolute Gasteiger partial charge is 0.273 e. The standard InChI is InChI=1S/C5H5.C4H4S.Mo/c2*1-2-4-5-3-1;/h1-3H,4H2;1-4H;/q-1;;. The molecule has 1 aliphatic rings. The molecule has 0 aliphatic heterocycles. The zero-order valence-electron chi connectivity index (χ0n) is 6.07. The summed E-state index contributed by atoms with van der Waals surface area (Å²) in [7, 11) is 0. The predicted molar refractivity (Wildman–Crippen MR) is 45.9 cm³/mol. The first kappa shape index (κ1) is 10.9. The van der Waals surface area contributed by atoms with Gasteiger partial charge in [0.25, 0.3) is 0 Å². The van der Waals surface area contributed by atoms with E-state index in [1.807, 2.05) is 35.0 Å². The van der Waals surface area contributed by atoms with Crippen molar-refractivity contribution in [3.63, 3.8) is 0 Å². The van der Waals surface area contributed by atoms with Crippen molar-refractivity contribution in [3.05, 3.63) is 47.2 Å². The molecule has 2 heteroatoms. The molecular weight excluding hydrogens is 236 g/mol. The summed E-state index contributed by atoms with van der Waals surface area (Å²) in [5.74, 6) is 0. The van der Waals surface area contributed by atoms with Crippen LogP contribution in [0.25, 0.3) is 0 Å². The zero-order chi connectivity index (χ0) is 7.07. The predicted octanol–water partition coefficient (Wildman–Crippen LogP) is 3.05. The molecule has 0 bridgehead atoms. The number of allylic oxidation sites excluding steroid dienone is 4. The Kier molecular flexibility index (Phi) is 7.87. The summed E-state index contributed by atoms with van der Waals surface area (Å²) in [5, 5.41) is 4.08. The molecule has 0 N–H and O–H groups in total. The maximum Gasteiger partial charge on any atom is 0 e. The van der Waals surface area contributed by atoms with E-state index in [2.05, 4.69) is 12.2 Å². The molecule has 1 heterocycles. The van der Waals surface area contributed by atoms with E-state index in [1.54, 1.807) is 11.3 Å². The molecule has 0 saturated heterocycles. The molecule has 0 amide bonds.